The maximum Gasteiger partial charge on any atom is 0.351 e. The molecule has 1 unspecified atom stereocenters. The molecule has 0 saturated carbocycles. The standard InChI is InChI=1S/C22H43N3O5Si2/c1-12-15-17(29-31(8,9)21(2,3)4)18(30-32(10,11)22(5,6)7)19(28-15)25-14-13-16(24-27)23-20(25)26/h13-15,17-19,27H,12H2,1-11H3,(H,23,24,26)/t15-,17?,18+,19-/m1/s1. The Morgan fingerprint density at radius 2 is 1.56 bits per heavy atom. The Morgan fingerprint density at radius 1 is 1.06 bits per heavy atom. The first kappa shape index (κ1) is 27.2. The lowest BCUT2D eigenvalue weighted by molar-refractivity contribution is -0.0372. The molecule has 1 fully saturated rings. The number of hydrogen-bond donors (Lipinski definition) is 2. The van der Waals surface area contributed by atoms with E-state index >= 15 is 0 Å². The van der Waals surface area contributed by atoms with Crippen LogP contribution in [0.5, 0.6) is 0 Å². The van der Waals surface area contributed by atoms with Crippen molar-refractivity contribution in [2.75, 3.05) is 5.48 Å². The fourth-order valence-corrected chi connectivity index (χ4v) is 5.84. The van der Waals surface area contributed by atoms with E-state index in [1.807, 2.05) is 5.48 Å². The van der Waals surface area contributed by atoms with Gasteiger partial charge < -0.3 is 13.6 Å². The number of ether oxygens (including phenoxy) is 1. The van der Waals surface area contributed by atoms with Crippen molar-refractivity contribution >= 4 is 22.5 Å². The molecular formula is C22H43N3O5Si2. The molecule has 10 heteroatoms. The Hall–Kier alpha value is -1.05. The van der Waals surface area contributed by atoms with Crippen molar-refractivity contribution in [2.24, 2.45) is 0 Å². The van der Waals surface area contributed by atoms with Crippen LogP contribution in [0.15, 0.2) is 17.1 Å². The highest BCUT2D eigenvalue weighted by molar-refractivity contribution is 6.74. The van der Waals surface area contributed by atoms with Gasteiger partial charge in [-0.3, -0.25) is 15.3 Å². The van der Waals surface area contributed by atoms with Gasteiger partial charge in [0.05, 0.1) is 6.10 Å². The quantitative estimate of drug-likeness (QED) is 0.408. The molecule has 1 aliphatic rings. The Bertz CT molecular complexity index is 845. The zero-order chi connectivity index (χ0) is 24.7. The predicted molar refractivity (Wildman–Crippen MR) is 132 cm³/mol. The molecule has 184 valence electrons. The van der Waals surface area contributed by atoms with Crippen molar-refractivity contribution in [3.63, 3.8) is 0 Å². The van der Waals surface area contributed by atoms with Gasteiger partial charge in [-0.2, -0.15) is 4.98 Å². The van der Waals surface area contributed by atoms with Gasteiger partial charge in [0.2, 0.25) is 0 Å². The van der Waals surface area contributed by atoms with Gasteiger partial charge in [0.25, 0.3) is 0 Å². The van der Waals surface area contributed by atoms with E-state index in [2.05, 4.69) is 79.6 Å². The van der Waals surface area contributed by atoms with E-state index in [0.717, 1.165) is 6.42 Å². The first-order chi connectivity index (χ1) is 14.4. The van der Waals surface area contributed by atoms with Gasteiger partial charge in [-0.05, 0) is 48.8 Å². The fourth-order valence-electron chi connectivity index (χ4n) is 3.23. The Morgan fingerprint density at radius 3 is 1.97 bits per heavy atom. The van der Waals surface area contributed by atoms with Gasteiger partial charge in [0, 0.05) is 6.20 Å². The van der Waals surface area contributed by atoms with Gasteiger partial charge in [0.1, 0.15) is 12.2 Å². The topological polar surface area (TPSA) is 94.8 Å². The summed E-state index contributed by atoms with van der Waals surface area (Å²) in [5, 5.41) is 9.12. The normalized spacial score (nSPS) is 25.2. The van der Waals surface area contributed by atoms with E-state index in [4.69, 9.17) is 18.8 Å². The van der Waals surface area contributed by atoms with E-state index in [0.29, 0.717) is 0 Å². The van der Waals surface area contributed by atoms with E-state index in [1.54, 1.807) is 6.20 Å². The number of nitrogens with one attached hydrogen (secondary N) is 1. The molecule has 8 nitrogen and oxygen atoms in total. The molecule has 2 rings (SSSR count). The van der Waals surface area contributed by atoms with E-state index in [-0.39, 0.29) is 28.1 Å². The third-order valence-electron chi connectivity index (χ3n) is 7.38. The molecule has 0 aliphatic carbocycles. The van der Waals surface area contributed by atoms with Crippen molar-refractivity contribution < 1.29 is 18.8 Å². The number of nitrogens with zero attached hydrogens (tertiary/aromatic N) is 2. The number of hydrogen-bond acceptors (Lipinski definition) is 7. The third-order valence-corrected chi connectivity index (χ3v) is 16.3. The van der Waals surface area contributed by atoms with Crippen molar-refractivity contribution in [1.29, 1.82) is 0 Å². The van der Waals surface area contributed by atoms with Crippen LogP contribution in [0.4, 0.5) is 5.82 Å². The largest absolute Gasteiger partial charge is 0.408 e. The average molecular weight is 486 g/mol. The second-order valence-corrected chi connectivity index (χ2v) is 21.3. The van der Waals surface area contributed by atoms with E-state index in [9.17, 15) is 4.79 Å². The minimum atomic E-state index is -2.22. The van der Waals surface area contributed by atoms with Crippen molar-refractivity contribution in [1.82, 2.24) is 9.55 Å². The first-order valence-electron chi connectivity index (χ1n) is 11.5. The van der Waals surface area contributed by atoms with Crippen molar-refractivity contribution in [2.45, 2.75) is 116 Å². The summed E-state index contributed by atoms with van der Waals surface area (Å²) in [7, 11) is -4.36. The molecule has 2 heterocycles. The molecule has 0 aromatic carbocycles. The monoisotopic (exact) mass is 485 g/mol. The second-order valence-electron chi connectivity index (χ2n) is 11.8. The minimum Gasteiger partial charge on any atom is -0.408 e. The molecule has 1 aromatic rings. The SMILES string of the molecule is CC[C@H]1O[C@@H](n2ccc(NO)nc2=O)[C@@H](O[Si](C)(C)C(C)(C)C)C1O[Si](C)(C)C(C)(C)C. The summed E-state index contributed by atoms with van der Waals surface area (Å²) in [6, 6.07) is 1.54. The summed E-state index contributed by atoms with van der Waals surface area (Å²) in [4.78, 5) is 16.7. The van der Waals surface area contributed by atoms with Gasteiger partial charge >= 0.3 is 5.69 Å². The molecular weight excluding hydrogens is 442 g/mol. The second kappa shape index (κ2) is 9.30. The Kier molecular flexibility index (Phi) is 7.91. The molecule has 4 atom stereocenters. The van der Waals surface area contributed by atoms with Crippen molar-refractivity contribution in [3.05, 3.63) is 22.7 Å². The average Bonchev–Trinajstić information content (AvgIpc) is 2.96. The van der Waals surface area contributed by atoms with Crippen LogP contribution in [-0.2, 0) is 13.6 Å². The highest BCUT2D eigenvalue weighted by atomic mass is 28.4. The van der Waals surface area contributed by atoms with Crippen LogP contribution in [0.3, 0.4) is 0 Å². The summed E-state index contributed by atoms with van der Waals surface area (Å²) < 4.78 is 21.7. The van der Waals surface area contributed by atoms with Crippen LogP contribution >= 0.6 is 0 Å². The molecule has 0 spiro atoms. The van der Waals surface area contributed by atoms with Crippen LogP contribution in [0.2, 0.25) is 36.3 Å². The van der Waals surface area contributed by atoms with E-state index < -0.39 is 34.7 Å². The molecule has 32 heavy (non-hydrogen) atoms. The van der Waals surface area contributed by atoms with Gasteiger partial charge in [0.15, 0.2) is 28.7 Å². The highest BCUT2D eigenvalue weighted by Crippen LogP contribution is 2.45. The molecule has 0 bridgehead atoms. The van der Waals surface area contributed by atoms with Crippen LogP contribution in [-0.4, -0.2) is 49.7 Å². The van der Waals surface area contributed by atoms with Crippen LogP contribution in [0.25, 0.3) is 0 Å². The molecule has 1 aliphatic heterocycles. The fraction of sp³-hybridized carbons (Fsp3) is 0.818. The Labute approximate surface area is 194 Å². The lowest BCUT2D eigenvalue weighted by atomic mass is 10.1. The first-order valence-corrected chi connectivity index (χ1v) is 17.3. The van der Waals surface area contributed by atoms with Gasteiger partial charge in [-0.1, -0.05) is 48.5 Å². The third kappa shape index (κ3) is 5.53. The summed E-state index contributed by atoms with van der Waals surface area (Å²) in [6.45, 7) is 24.2. The van der Waals surface area contributed by atoms with Gasteiger partial charge in [-0.25, -0.2) is 4.79 Å². The smallest absolute Gasteiger partial charge is 0.351 e. The minimum absolute atomic E-state index is 0.0166. The Balaban J connectivity index is 2.56. The van der Waals surface area contributed by atoms with Crippen LogP contribution in [0, 0.1) is 0 Å². The van der Waals surface area contributed by atoms with Crippen LogP contribution < -0.4 is 11.2 Å². The molecule has 1 aromatic heterocycles. The zero-order valence-corrected chi connectivity index (χ0v) is 23.6. The number of anilines is 1. The molecule has 1 saturated heterocycles. The maximum atomic E-state index is 12.8. The lowest BCUT2D eigenvalue weighted by Crippen LogP contribution is -2.53. The summed E-state index contributed by atoms with van der Waals surface area (Å²) in [5.41, 5.74) is 1.41. The highest BCUT2D eigenvalue weighted by Gasteiger charge is 2.53. The molecule has 0 amide bonds. The zero-order valence-electron chi connectivity index (χ0n) is 21.6. The summed E-state index contributed by atoms with van der Waals surface area (Å²) in [6.07, 6.45) is 0.737. The summed E-state index contributed by atoms with van der Waals surface area (Å²) in [5.74, 6) is 0.0900. The lowest BCUT2D eigenvalue weighted by Gasteiger charge is -2.44. The molecule has 2 N–H and O–H groups in total. The predicted octanol–water partition coefficient (Wildman–Crippen LogP) is 5.13. The molecule has 0 radical (unpaired) electrons. The summed E-state index contributed by atoms with van der Waals surface area (Å²) >= 11 is 0. The number of rotatable bonds is 7. The van der Waals surface area contributed by atoms with Crippen molar-refractivity contribution in [3.8, 4) is 0 Å². The van der Waals surface area contributed by atoms with Crippen LogP contribution in [0.1, 0.15) is 61.1 Å². The van der Waals surface area contributed by atoms with E-state index in [1.165, 1.54) is 10.6 Å². The maximum absolute atomic E-state index is 12.8. The number of aromatic nitrogens is 2. The van der Waals surface area contributed by atoms with Gasteiger partial charge in [-0.15, -0.1) is 0 Å².